The molecule has 0 amide bonds. The maximum Gasteiger partial charge on any atom is 0.164 e. The van der Waals surface area contributed by atoms with E-state index in [0.717, 1.165) is 22.4 Å². The molecular formula is C44H38N4. The molecular weight excluding hydrogens is 585 g/mol. The van der Waals surface area contributed by atoms with Gasteiger partial charge in [-0.1, -0.05) is 125 Å². The predicted octanol–water partition coefficient (Wildman–Crippen LogP) is 11.2. The monoisotopic (exact) mass is 622 g/mol. The molecule has 2 heterocycles. The van der Waals surface area contributed by atoms with E-state index in [9.17, 15) is 0 Å². The molecule has 0 radical (unpaired) electrons. The van der Waals surface area contributed by atoms with Gasteiger partial charge in [-0.05, 0) is 77.2 Å². The van der Waals surface area contributed by atoms with E-state index in [1.165, 1.54) is 44.8 Å². The molecule has 5 aromatic carbocycles. The normalized spacial score (nSPS) is 15.5. The van der Waals surface area contributed by atoms with Crippen molar-refractivity contribution in [1.82, 2.24) is 15.0 Å². The second kappa shape index (κ2) is 11.0. The highest BCUT2D eigenvalue weighted by Crippen LogP contribution is 2.56. The van der Waals surface area contributed by atoms with Crippen LogP contribution in [0.2, 0.25) is 0 Å². The quantitative estimate of drug-likeness (QED) is 0.192. The van der Waals surface area contributed by atoms with E-state index in [2.05, 4.69) is 107 Å². The number of hydrogen-bond donors (Lipinski definition) is 0. The van der Waals surface area contributed by atoms with Crippen molar-refractivity contribution < 1.29 is 0 Å². The summed E-state index contributed by atoms with van der Waals surface area (Å²) >= 11 is 0. The first kappa shape index (κ1) is 29.8. The Labute approximate surface area is 283 Å². The fourth-order valence-electron chi connectivity index (χ4n) is 7.46. The van der Waals surface area contributed by atoms with Crippen LogP contribution >= 0.6 is 0 Å². The zero-order valence-corrected chi connectivity index (χ0v) is 28.1. The molecule has 8 rings (SSSR count). The first-order valence-electron chi connectivity index (χ1n) is 16.6. The summed E-state index contributed by atoms with van der Waals surface area (Å²) < 4.78 is 0. The highest BCUT2D eigenvalue weighted by molar-refractivity contribution is 5.92. The van der Waals surface area contributed by atoms with Crippen LogP contribution in [0.5, 0.6) is 0 Å². The van der Waals surface area contributed by atoms with E-state index < -0.39 is 0 Å². The second-order valence-electron chi connectivity index (χ2n) is 13.8. The fraction of sp³-hybridized carbons (Fsp3) is 0.159. The minimum atomic E-state index is -0.184. The molecule has 6 aromatic rings. The number of benzene rings is 5. The Morgan fingerprint density at radius 3 is 1.62 bits per heavy atom. The summed E-state index contributed by atoms with van der Waals surface area (Å²) in [6.07, 6.45) is 2.03. The molecule has 4 heteroatoms. The molecule has 0 atom stereocenters. The molecule has 48 heavy (non-hydrogen) atoms. The van der Waals surface area contributed by atoms with Gasteiger partial charge >= 0.3 is 0 Å². The molecule has 2 aliphatic rings. The van der Waals surface area contributed by atoms with Crippen LogP contribution in [0.4, 0.5) is 17.1 Å². The summed E-state index contributed by atoms with van der Waals surface area (Å²) in [5, 5.41) is 0. The van der Waals surface area contributed by atoms with Crippen LogP contribution in [0.15, 0.2) is 140 Å². The van der Waals surface area contributed by atoms with Crippen molar-refractivity contribution in [2.45, 2.75) is 45.4 Å². The molecule has 0 bridgehead atoms. The van der Waals surface area contributed by atoms with Gasteiger partial charge in [-0.2, -0.15) is 0 Å². The lowest BCUT2D eigenvalue weighted by Gasteiger charge is -2.43. The van der Waals surface area contributed by atoms with Gasteiger partial charge in [-0.15, -0.1) is 0 Å². The number of fused-ring (bicyclic) bond motifs is 3. The van der Waals surface area contributed by atoms with E-state index in [1.54, 1.807) is 0 Å². The van der Waals surface area contributed by atoms with Crippen molar-refractivity contribution in [2.24, 2.45) is 0 Å². The van der Waals surface area contributed by atoms with Crippen LogP contribution in [0.1, 0.15) is 56.9 Å². The molecule has 0 unspecified atom stereocenters. The number of anilines is 3. The van der Waals surface area contributed by atoms with Gasteiger partial charge in [0, 0.05) is 33.2 Å². The largest absolute Gasteiger partial charge is 0.310 e. The summed E-state index contributed by atoms with van der Waals surface area (Å²) in [7, 11) is 0. The van der Waals surface area contributed by atoms with Crippen molar-refractivity contribution in [1.29, 1.82) is 0 Å². The van der Waals surface area contributed by atoms with Crippen LogP contribution in [-0.2, 0) is 10.8 Å². The summed E-state index contributed by atoms with van der Waals surface area (Å²) in [4.78, 5) is 17.2. The number of nitrogens with zero attached hydrogens (tertiary/aromatic N) is 4. The van der Waals surface area contributed by atoms with Crippen molar-refractivity contribution in [2.75, 3.05) is 4.90 Å². The van der Waals surface area contributed by atoms with Gasteiger partial charge < -0.3 is 4.90 Å². The van der Waals surface area contributed by atoms with Crippen molar-refractivity contribution in [3.05, 3.63) is 162 Å². The Bertz CT molecular complexity index is 2190. The molecule has 1 aromatic heterocycles. The Morgan fingerprint density at radius 1 is 0.542 bits per heavy atom. The van der Waals surface area contributed by atoms with Gasteiger partial charge in [0.1, 0.15) is 0 Å². The smallest absolute Gasteiger partial charge is 0.164 e. The number of hydrogen-bond acceptors (Lipinski definition) is 4. The van der Waals surface area contributed by atoms with Crippen molar-refractivity contribution in [3.8, 4) is 34.2 Å². The predicted molar refractivity (Wildman–Crippen MR) is 199 cm³/mol. The molecule has 234 valence electrons. The average Bonchev–Trinajstić information content (AvgIpc) is 3.31. The zero-order chi connectivity index (χ0) is 33.2. The van der Waals surface area contributed by atoms with Gasteiger partial charge in [-0.25, -0.2) is 15.0 Å². The topological polar surface area (TPSA) is 41.9 Å². The van der Waals surface area contributed by atoms with Crippen LogP contribution in [0.25, 0.3) is 39.7 Å². The fourth-order valence-corrected chi connectivity index (χ4v) is 7.46. The highest BCUT2D eigenvalue weighted by atomic mass is 15.2. The van der Waals surface area contributed by atoms with E-state index in [-0.39, 0.29) is 10.8 Å². The summed E-state index contributed by atoms with van der Waals surface area (Å²) in [5.74, 6) is 1.96. The summed E-state index contributed by atoms with van der Waals surface area (Å²) in [5.41, 5.74) is 14.0. The van der Waals surface area contributed by atoms with E-state index in [0.29, 0.717) is 17.5 Å². The van der Waals surface area contributed by atoms with E-state index in [1.807, 2.05) is 66.7 Å². The summed E-state index contributed by atoms with van der Waals surface area (Å²) in [6, 6.07) is 42.5. The number of aromatic nitrogens is 3. The van der Waals surface area contributed by atoms with E-state index in [4.69, 9.17) is 15.0 Å². The third kappa shape index (κ3) is 4.55. The lowest BCUT2D eigenvalue weighted by atomic mass is 9.71. The highest BCUT2D eigenvalue weighted by Gasteiger charge is 2.41. The number of allylic oxidation sites excluding steroid dienone is 3. The van der Waals surface area contributed by atoms with Crippen LogP contribution in [0, 0.1) is 0 Å². The van der Waals surface area contributed by atoms with Gasteiger partial charge in [-0.3, -0.25) is 0 Å². The van der Waals surface area contributed by atoms with Gasteiger partial charge in [0.25, 0.3) is 0 Å². The van der Waals surface area contributed by atoms with Crippen molar-refractivity contribution >= 4 is 22.6 Å². The molecule has 0 saturated heterocycles. The zero-order valence-electron chi connectivity index (χ0n) is 28.1. The maximum atomic E-state index is 4.96. The minimum Gasteiger partial charge on any atom is -0.310 e. The Kier molecular flexibility index (Phi) is 6.81. The molecule has 0 N–H and O–H groups in total. The third-order valence-electron chi connectivity index (χ3n) is 10.5. The van der Waals surface area contributed by atoms with Crippen LogP contribution < -0.4 is 4.90 Å². The maximum absolute atomic E-state index is 4.96. The lowest BCUT2D eigenvalue weighted by Crippen LogP contribution is -2.31. The first-order chi connectivity index (χ1) is 23.2. The Morgan fingerprint density at radius 2 is 1.06 bits per heavy atom. The second-order valence-corrected chi connectivity index (χ2v) is 13.8. The molecule has 0 saturated carbocycles. The molecule has 1 aliphatic carbocycles. The van der Waals surface area contributed by atoms with Gasteiger partial charge in [0.2, 0.25) is 0 Å². The van der Waals surface area contributed by atoms with Gasteiger partial charge in [0.05, 0.1) is 11.4 Å². The summed E-state index contributed by atoms with van der Waals surface area (Å²) in [6.45, 7) is 15.8. The standard InChI is InChI=1S/C44H38N4/c1-7-33-28(2)43(3,4)36-27-39-37(26-34(33)36)44(5,6)35-20-14-15-21-38(35)48(39)32-24-22-31(23-25-32)42-46-40(29-16-10-8-11-17-29)45-41(47-42)30-18-12-9-13-19-30/h7-27H,1H2,2-6H3. The van der Waals surface area contributed by atoms with Crippen LogP contribution in [0.3, 0.4) is 0 Å². The Balaban J connectivity index is 1.27. The SMILES string of the molecule is C=CC1=C(C)C(C)(C)c2cc3c(cc21)C(C)(C)c1ccccc1N3c1ccc(-c2nc(-c3ccccc3)nc(-c3ccccc3)n2)cc1. The molecule has 1 aliphatic heterocycles. The molecule has 0 spiro atoms. The minimum absolute atomic E-state index is 0.0872. The number of para-hydroxylation sites is 1. The third-order valence-corrected chi connectivity index (χ3v) is 10.5. The average molecular weight is 623 g/mol. The molecule has 4 nitrogen and oxygen atoms in total. The van der Waals surface area contributed by atoms with Crippen molar-refractivity contribution in [3.63, 3.8) is 0 Å². The van der Waals surface area contributed by atoms with Crippen LogP contribution in [-0.4, -0.2) is 15.0 Å². The van der Waals surface area contributed by atoms with Gasteiger partial charge in [0.15, 0.2) is 17.5 Å². The number of rotatable bonds is 5. The Hall–Kier alpha value is -5.61. The van der Waals surface area contributed by atoms with E-state index >= 15 is 0 Å². The lowest BCUT2D eigenvalue weighted by molar-refractivity contribution is 0.621. The first-order valence-corrected chi connectivity index (χ1v) is 16.6. The molecule has 0 fully saturated rings.